The first kappa shape index (κ1) is 20.6. The van der Waals surface area contributed by atoms with Crippen molar-refractivity contribution in [2.75, 3.05) is 25.5 Å². The number of aryl methyl sites for hydroxylation is 1. The van der Waals surface area contributed by atoms with Crippen LogP contribution in [0.15, 0.2) is 60.1 Å². The lowest BCUT2D eigenvalue weighted by Gasteiger charge is -2.28. The minimum Gasteiger partial charge on any atom is -0.353 e. The van der Waals surface area contributed by atoms with Crippen LogP contribution < -0.4 is 5.32 Å². The van der Waals surface area contributed by atoms with Crippen molar-refractivity contribution in [3.63, 3.8) is 0 Å². The van der Waals surface area contributed by atoms with E-state index < -0.39 is 0 Å². The van der Waals surface area contributed by atoms with E-state index in [0.29, 0.717) is 22.9 Å². The fourth-order valence-electron chi connectivity index (χ4n) is 4.40. The quantitative estimate of drug-likeness (QED) is 0.623. The molecule has 1 N–H and O–H groups in total. The molecule has 7 heteroatoms. The van der Waals surface area contributed by atoms with Gasteiger partial charge < -0.3 is 10.2 Å². The summed E-state index contributed by atoms with van der Waals surface area (Å²) in [4.78, 5) is 11.5. The average molecular weight is 431 g/mol. The highest BCUT2D eigenvalue weighted by atomic mass is 19.1. The standard InChI is InChI=1S/C25H27FN6/c1-16(29-20-5-4-19(27-14-20)10-17-6-8-31(2)9-7-17)25-22-11-21(18-13-28-32(3)15-18)23(26)12-24(22)30-25/h4-5,11-15,17,29H,1,6-10H2,2-3H3. The number of aromatic nitrogens is 3. The fraction of sp³-hybridized carbons (Fsp3) is 0.320. The van der Waals surface area contributed by atoms with Crippen LogP contribution in [-0.4, -0.2) is 45.5 Å². The Morgan fingerprint density at radius 3 is 2.66 bits per heavy atom. The van der Waals surface area contributed by atoms with Gasteiger partial charge in [-0.15, -0.1) is 0 Å². The zero-order valence-electron chi connectivity index (χ0n) is 18.5. The van der Waals surface area contributed by atoms with Crippen molar-refractivity contribution in [2.45, 2.75) is 19.3 Å². The fourth-order valence-corrected chi connectivity index (χ4v) is 4.40. The van der Waals surface area contributed by atoms with E-state index in [2.05, 4.69) is 45.0 Å². The molecule has 0 amide bonds. The van der Waals surface area contributed by atoms with Gasteiger partial charge in [0.25, 0.3) is 0 Å². The summed E-state index contributed by atoms with van der Waals surface area (Å²) in [7, 11) is 4.00. The van der Waals surface area contributed by atoms with Gasteiger partial charge >= 0.3 is 0 Å². The number of nitrogens with zero attached hydrogens (tertiary/aromatic N) is 5. The van der Waals surface area contributed by atoms with Gasteiger partial charge in [0, 0.05) is 41.7 Å². The maximum absolute atomic E-state index is 14.5. The summed E-state index contributed by atoms with van der Waals surface area (Å²) in [6, 6.07) is 7.41. The summed E-state index contributed by atoms with van der Waals surface area (Å²) in [5.74, 6) is 0.408. The molecule has 1 saturated heterocycles. The summed E-state index contributed by atoms with van der Waals surface area (Å²) < 4.78 is 16.2. The van der Waals surface area contributed by atoms with Crippen LogP contribution in [0.5, 0.6) is 0 Å². The van der Waals surface area contributed by atoms with Gasteiger partial charge in [-0.2, -0.15) is 5.10 Å². The largest absolute Gasteiger partial charge is 0.353 e. The number of anilines is 1. The molecule has 32 heavy (non-hydrogen) atoms. The number of pyridine rings is 1. The summed E-state index contributed by atoms with van der Waals surface area (Å²) in [6.07, 6.45) is 8.79. The van der Waals surface area contributed by atoms with Crippen LogP contribution in [0.4, 0.5) is 15.8 Å². The Balaban J connectivity index is 1.24. The monoisotopic (exact) mass is 430 g/mol. The highest BCUT2D eigenvalue weighted by molar-refractivity contribution is 6.23. The second-order valence-corrected chi connectivity index (χ2v) is 8.80. The molecule has 0 spiro atoms. The number of halogens is 1. The van der Waals surface area contributed by atoms with E-state index in [1.54, 1.807) is 17.1 Å². The summed E-state index contributed by atoms with van der Waals surface area (Å²) in [6.45, 7) is 6.47. The minimum atomic E-state index is -0.303. The Hall–Kier alpha value is -3.32. The number of fused-ring (bicyclic) bond motifs is 1. The smallest absolute Gasteiger partial charge is 0.133 e. The number of likely N-dealkylation sites (tertiary alicyclic amines) is 1. The molecule has 0 aliphatic carbocycles. The zero-order valence-corrected chi connectivity index (χ0v) is 18.5. The molecule has 0 bridgehead atoms. The van der Waals surface area contributed by atoms with Crippen LogP contribution >= 0.6 is 0 Å². The van der Waals surface area contributed by atoms with Crippen LogP contribution in [-0.2, 0) is 13.5 Å². The van der Waals surface area contributed by atoms with Crippen LogP contribution in [0.3, 0.4) is 0 Å². The number of benzene rings is 1. The topological polar surface area (TPSA) is 58.3 Å². The number of nitrogens with one attached hydrogen (secondary N) is 1. The molecule has 1 fully saturated rings. The Labute approximate surface area is 187 Å². The highest BCUT2D eigenvalue weighted by Crippen LogP contribution is 2.37. The van der Waals surface area contributed by atoms with Gasteiger partial charge in [-0.05, 0) is 63.5 Å². The number of hydrogen-bond acceptors (Lipinski definition) is 5. The first-order valence-electron chi connectivity index (χ1n) is 11.0. The molecule has 6 nitrogen and oxygen atoms in total. The van der Waals surface area contributed by atoms with Crippen LogP contribution in [0.2, 0.25) is 0 Å². The Bertz CT molecular complexity index is 1190. The molecule has 5 rings (SSSR count). The number of aliphatic imine (C=N–C) groups is 1. The van der Waals surface area contributed by atoms with E-state index in [-0.39, 0.29) is 5.82 Å². The molecule has 0 unspecified atom stereocenters. The number of rotatable bonds is 6. The van der Waals surface area contributed by atoms with Crippen molar-refractivity contribution < 1.29 is 4.39 Å². The Morgan fingerprint density at radius 2 is 1.97 bits per heavy atom. The van der Waals surface area contributed by atoms with Gasteiger partial charge in [-0.3, -0.25) is 9.67 Å². The molecular formula is C25H27FN6. The van der Waals surface area contributed by atoms with E-state index in [9.17, 15) is 4.39 Å². The van der Waals surface area contributed by atoms with Crippen molar-refractivity contribution in [1.82, 2.24) is 19.7 Å². The lowest BCUT2D eigenvalue weighted by molar-refractivity contribution is 0.218. The second-order valence-electron chi connectivity index (χ2n) is 8.80. The molecule has 4 heterocycles. The molecule has 0 radical (unpaired) electrons. The van der Waals surface area contributed by atoms with Gasteiger partial charge in [0.2, 0.25) is 0 Å². The third-order valence-corrected chi connectivity index (χ3v) is 6.33. The molecule has 2 aliphatic rings. The minimum absolute atomic E-state index is 0.303. The molecule has 2 aromatic heterocycles. The van der Waals surface area contributed by atoms with Gasteiger partial charge in [-0.25, -0.2) is 9.38 Å². The molecule has 1 aromatic carbocycles. The predicted octanol–water partition coefficient (Wildman–Crippen LogP) is 4.57. The molecule has 2 aliphatic heterocycles. The summed E-state index contributed by atoms with van der Waals surface area (Å²) in [5.41, 5.74) is 6.17. The van der Waals surface area contributed by atoms with E-state index >= 15 is 0 Å². The summed E-state index contributed by atoms with van der Waals surface area (Å²) >= 11 is 0. The third-order valence-electron chi connectivity index (χ3n) is 6.33. The molecule has 3 aromatic rings. The third kappa shape index (κ3) is 4.08. The van der Waals surface area contributed by atoms with Crippen molar-refractivity contribution in [3.8, 4) is 11.1 Å². The first-order valence-corrected chi connectivity index (χ1v) is 11.0. The van der Waals surface area contributed by atoms with Crippen LogP contribution in [0, 0.1) is 11.7 Å². The Morgan fingerprint density at radius 1 is 1.16 bits per heavy atom. The van der Waals surface area contributed by atoms with E-state index in [1.807, 2.05) is 25.4 Å². The predicted molar refractivity (Wildman–Crippen MR) is 126 cm³/mol. The number of allylic oxidation sites excluding steroid dienone is 1. The van der Waals surface area contributed by atoms with Crippen molar-refractivity contribution in [3.05, 3.63) is 72.2 Å². The molecule has 0 saturated carbocycles. The van der Waals surface area contributed by atoms with Crippen LogP contribution in [0.1, 0.15) is 24.1 Å². The van der Waals surface area contributed by atoms with Gasteiger partial charge in [-0.1, -0.05) is 6.58 Å². The molecule has 0 atom stereocenters. The molecular weight excluding hydrogens is 403 g/mol. The lowest BCUT2D eigenvalue weighted by atomic mass is 9.92. The van der Waals surface area contributed by atoms with Crippen molar-refractivity contribution in [2.24, 2.45) is 18.0 Å². The van der Waals surface area contributed by atoms with Gasteiger partial charge in [0.15, 0.2) is 0 Å². The lowest BCUT2D eigenvalue weighted by Crippen LogP contribution is -2.31. The summed E-state index contributed by atoms with van der Waals surface area (Å²) in [5, 5.41) is 7.44. The Kier molecular flexibility index (Phi) is 5.35. The maximum atomic E-state index is 14.5. The first-order chi connectivity index (χ1) is 15.5. The van der Waals surface area contributed by atoms with Gasteiger partial charge in [0.1, 0.15) is 5.82 Å². The van der Waals surface area contributed by atoms with E-state index in [4.69, 9.17) is 0 Å². The number of hydrogen-bond donors (Lipinski definition) is 1. The SMILES string of the molecule is C=C(Nc1ccc(CC2CCN(C)CC2)nc1)C1=Nc2cc(F)c(-c3cnn(C)c3)cc21. The van der Waals surface area contributed by atoms with Crippen molar-refractivity contribution >= 4 is 17.1 Å². The zero-order chi connectivity index (χ0) is 22.2. The molecule has 164 valence electrons. The van der Waals surface area contributed by atoms with E-state index in [0.717, 1.165) is 34.6 Å². The maximum Gasteiger partial charge on any atom is 0.133 e. The number of piperidine rings is 1. The van der Waals surface area contributed by atoms with Gasteiger partial charge in [0.05, 0.1) is 35.2 Å². The second kappa shape index (κ2) is 8.31. The van der Waals surface area contributed by atoms with Crippen LogP contribution in [0.25, 0.3) is 11.1 Å². The van der Waals surface area contributed by atoms with E-state index in [1.165, 1.54) is 32.0 Å². The highest BCUT2D eigenvalue weighted by Gasteiger charge is 2.25. The van der Waals surface area contributed by atoms with Crippen molar-refractivity contribution in [1.29, 1.82) is 0 Å². The normalized spacial score (nSPS) is 16.3. The average Bonchev–Trinajstić information content (AvgIpc) is 3.19.